The molecule has 31 heavy (non-hydrogen) atoms. The maximum absolute atomic E-state index is 11.5. The number of aromatic nitrogens is 2. The van der Waals surface area contributed by atoms with Crippen molar-refractivity contribution in [2.75, 3.05) is 32.8 Å². The molecule has 1 amide bonds. The predicted molar refractivity (Wildman–Crippen MR) is 120 cm³/mol. The van der Waals surface area contributed by atoms with Crippen molar-refractivity contribution in [3.05, 3.63) is 60.9 Å². The van der Waals surface area contributed by atoms with Crippen molar-refractivity contribution in [1.82, 2.24) is 20.2 Å². The van der Waals surface area contributed by atoms with Gasteiger partial charge in [-0.15, -0.1) is 0 Å². The molecular weight excluding hydrogens is 392 g/mol. The largest absolute Gasteiger partial charge is 0.491 e. The number of pyridine rings is 1. The quantitative estimate of drug-likeness (QED) is 0.449. The van der Waals surface area contributed by atoms with Gasteiger partial charge in [-0.25, -0.2) is 4.98 Å². The highest BCUT2D eigenvalue weighted by Gasteiger charge is 2.19. The average molecular weight is 416 g/mol. The number of hydrogen-bond donors (Lipinski definition) is 3. The van der Waals surface area contributed by atoms with E-state index in [1.807, 2.05) is 41.6 Å². The number of aliphatic hydroxyl groups excluding tert-OH is 1. The van der Waals surface area contributed by atoms with E-state index in [0.717, 1.165) is 39.5 Å². The first-order valence-electron chi connectivity index (χ1n) is 10.4. The first-order valence-corrected chi connectivity index (χ1v) is 10.4. The zero-order valence-electron chi connectivity index (χ0n) is 17.0. The Hall–Kier alpha value is -3.42. The number of aliphatic hydroxyl groups is 1. The van der Waals surface area contributed by atoms with Crippen molar-refractivity contribution in [1.29, 1.82) is 0 Å². The summed E-state index contributed by atoms with van der Waals surface area (Å²) >= 11 is 0. The average Bonchev–Trinajstić information content (AvgIpc) is 3.25. The number of piperazine rings is 1. The number of ether oxygens (including phenoxy) is 1. The van der Waals surface area contributed by atoms with E-state index >= 15 is 0 Å². The van der Waals surface area contributed by atoms with Gasteiger partial charge in [0.05, 0.1) is 6.54 Å². The van der Waals surface area contributed by atoms with Gasteiger partial charge in [0, 0.05) is 43.0 Å². The smallest absolute Gasteiger partial charge is 0.234 e. The SMILES string of the molecule is O=C1CN(CC(O)COc2ccc3ccc(-c4cnc5[nH]ccc5c4)cc3c2)CCN1. The summed E-state index contributed by atoms with van der Waals surface area (Å²) in [4.78, 5) is 21.0. The summed E-state index contributed by atoms with van der Waals surface area (Å²) in [7, 11) is 0. The van der Waals surface area contributed by atoms with E-state index in [-0.39, 0.29) is 12.5 Å². The lowest BCUT2D eigenvalue weighted by molar-refractivity contribution is -0.124. The Balaban J connectivity index is 1.29. The van der Waals surface area contributed by atoms with Crippen molar-refractivity contribution in [3.63, 3.8) is 0 Å². The Bertz CT molecular complexity index is 1240. The first-order chi connectivity index (χ1) is 15.1. The molecule has 1 saturated heterocycles. The van der Waals surface area contributed by atoms with Gasteiger partial charge in [0.15, 0.2) is 0 Å². The summed E-state index contributed by atoms with van der Waals surface area (Å²) in [5, 5.41) is 16.4. The molecule has 3 N–H and O–H groups in total. The molecule has 0 aliphatic carbocycles. The molecule has 3 heterocycles. The molecule has 158 valence electrons. The number of nitrogens with one attached hydrogen (secondary N) is 2. The third-order valence-corrected chi connectivity index (χ3v) is 5.57. The van der Waals surface area contributed by atoms with Crippen molar-refractivity contribution in [3.8, 4) is 16.9 Å². The highest BCUT2D eigenvalue weighted by Crippen LogP contribution is 2.28. The van der Waals surface area contributed by atoms with Crippen LogP contribution >= 0.6 is 0 Å². The monoisotopic (exact) mass is 416 g/mol. The minimum atomic E-state index is -0.660. The molecule has 7 heteroatoms. The van der Waals surface area contributed by atoms with E-state index < -0.39 is 6.10 Å². The Kier molecular flexibility index (Phi) is 5.28. The third kappa shape index (κ3) is 4.38. The van der Waals surface area contributed by atoms with E-state index in [9.17, 15) is 9.90 Å². The van der Waals surface area contributed by atoms with E-state index in [1.165, 1.54) is 0 Å². The summed E-state index contributed by atoms with van der Waals surface area (Å²) in [6, 6.07) is 16.4. The van der Waals surface area contributed by atoms with Crippen molar-refractivity contribution in [2.45, 2.75) is 6.10 Å². The summed E-state index contributed by atoms with van der Waals surface area (Å²) in [6.45, 7) is 2.27. The molecule has 1 unspecified atom stereocenters. The second-order valence-electron chi connectivity index (χ2n) is 7.91. The number of carbonyl (C=O) groups excluding carboxylic acids is 1. The van der Waals surface area contributed by atoms with Crippen LogP contribution in [0.2, 0.25) is 0 Å². The summed E-state index contributed by atoms with van der Waals surface area (Å²) < 4.78 is 5.84. The molecule has 1 atom stereocenters. The highest BCUT2D eigenvalue weighted by molar-refractivity contribution is 5.90. The molecule has 1 aliphatic heterocycles. The maximum Gasteiger partial charge on any atom is 0.234 e. The number of benzene rings is 2. The molecule has 7 nitrogen and oxygen atoms in total. The lowest BCUT2D eigenvalue weighted by Gasteiger charge is -2.28. The molecule has 5 rings (SSSR count). The van der Waals surface area contributed by atoms with Gasteiger partial charge in [0.1, 0.15) is 24.1 Å². The van der Waals surface area contributed by atoms with E-state index in [4.69, 9.17) is 4.74 Å². The molecular formula is C24H24N4O3. The Labute approximate surface area is 179 Å². The van der Waals surface area contributed by atoms with Gasteiger partial charge in [-0.1, -0.05) is 18.2 Å². The zero-order chi connectivity index (χ0) is 21.2. The number of rotatable bonds is 6. The van der Waals surface area contributed by atoms with Gasteiger partial charge in [-0.2, -0.15) is 0 Å². The fourth-order valence-electron chi connectivity index (χ4n) is 3.98. The van der Waals surface area contributed by atoms with Crippen LogP contribution in [0.3, 0.4) is 0 Å². The normalized spacial score (nSPS) is 15.8. The number of hydrogen-bond acceptors (Lipinski definition) is 5. The van der Waals surface area contributed by atoms with Crippen molar-refractivity contribution >= 4 is 27.7 Å². The number of fused-ring (bicyclic) bond motifs is 2. The molecule has 0 saturated carbocycles. The van der Waals surface area contributed by atoms with Crippen LogP contribution in [0.5, 0.6) is 5.75 Å². The number of β-amino-alcohol motifs (C(OH)–C–C–N with tert-alkyl or cyclic N) is 1. The standard InChI is InChI=1S/C24H24N4O3/c29-21(13-28-8-7-25-23(30)14-28)15-31-22-4-3-16-1-2-17(9-19(16)11-22)20-10-18-5-6-26-24(18)27-12-20/h1-6,9-12,21,29H,7-8,13-15H2,(H,25,30)(H,26,27). The number of carbonyl (C=O) groups is 1. The number of H-pyrrole nitrogens is 1. The van der Waals surface area contributed by atoms with Crippen LogP contribution in [0.4, 0.5) is 0 Å². The highest BCUT2D eigenvalue weighted by atomic mass is 16.5. The van der Waals surface area contributed by atoms with Crippen LogP contribution in [-0.2, 0) is 4.79 Å². The van der Waals surface area contributed by atoms with Gasteiger partial charge in [0.2, 0.25) is 5.91 Å². The molecule has 0 spiro atoms. The van der Waals surface area contributed by atoms with Crippen LogP contribution in [0.15, 0.2) is 60.9 Å². The van der Waals surface area contributed by atoms with E-state index in [1.54, 1.807) is 0 Å². The Morgan fingerprint density at radius 1 is 1.06 bits per heavy atom. The molecule has 0 radical (unpaired) electrons. The van der Waals surface area contributed by atoms with Gasteiger partial charge < -0.3 is 20.1 Å². The predicted octanol–water partition coefficient (Wildman–Crippen LogP) is 2.55. The van der Waals surface area contributed by atoms with Crippen molar-refractivity contribution < 1.29 is 14.6 Å². The van der Waals surface area contributed by atoms with Crippen molar-refractivity contribution in [2.24, 2.45) is 0 Å². The maximum atomic E-state index is 11.5. The Morgan fingerprint density at radius 3 is 2.84 bits per heavy atom. The molecule has 2 aromatic carbocycles. The number of nitrogens with zero attached hydrogens (tertiary/aromatic N) is 2. The van der Waals surface area contributed by atoms with Crippen LogP contribution in [-0.4, -0.2) is 64.8 Å². The van der Waals surface area contributed by atoms with Crippen LogP contribution in [0.25, 0.3) is 32.9 Å². The van der Waals surface area contributed by atoms with Gasteiger partial charge >= 0.3 is 0 Å². The second-order valence-corrected chi connectivity index (χ2v) is 7.91. The lowest BCUT2D eigenvalue weighted by Crippen LogP contribution is -2.50. The number of amides is 1. The molecule has 4 aromatic rings. The molecule has 1 aliphatic rings. The van der Waals surface area contributed by atoms with Gasteiger partial charge in [-0.05, 0) is 46.7 Å². The molecule has 1 fully saturated rings. The van der Waals surface area contributed by atoms with Gasteiger partial charge in [0.25, 0.3) is 0 Å². The lowest BCUT2D eigenvalue weighted by atomic mass is 10.0. The zero-order valence-corrected chi connectivity index (χ0v) is 17.0. The van der Waals surface area contributed by atoms with Crippen LogP contribution in [0.1, 0.15) is 0 Å². The van der Waals surface area contributed by atoms with E-state index in [2.05, 4.69) is 39.6 Å². The molecule has 2 aromatic heterocycles. The Morgan fingerprint density at radius 2 is 1.94 bits per heavy atom. The summed E-state index contributed by atoms with van der Waals surface area (Å²) in [6.07, 6.45) is 3.10. The first kappa shape index (κ1) is 19.5. The third-order valence-electron chi connectivity index (χ3n) is 5.57. The second kappa shape index (κ2) is 8.37. The fraction of sp³-hybridized carbons (Fsp3) is 0.250. The molecule has 0 bridgehead atoms. The van der Waals surface area contributed by atoms with Crippen LogP contribution in [0, 0.1) is 0 Å². The van der Waals surface area contributed by atoms with Crippen LogP contribution < -0.4 is 10.1 Å². The summed E-state index contributed by atoms with van der Waals surface area (Å²) in [5.74, 6) is 0.704. The van der Waals surface area contributed by atoms with Gasteiger partial charge in [-0.3, -0.25) is 9.69 Å². The topological polar surface area (TPSA) is 90.5 Å². The summed E-state index contributed by atoms with van der Waals surface area (Å²) in [5.41, 5.74) is 3.02. The minimum Gasteiger partial charge on any atom is -0.491 e. The number of aromatic amines is 1. The minimum absolute atomic E-state index is 0.00411. The van der Waals surface area contributed by atoms with E-state index in [0.29, 0.717) is 25.4 Å². The fourth-order valence-corrected chi connectivity index (χ4v) is 3.98.